The quantitative estimate of drug-likeness (QED) is 0.645. The molecular weight excluding hydrogens is 266 g/mol. The van der Waals surface area contributed by atoms with E-state index >= 15 is 0 Å². The van der Waals surface area contributed by atoms with Gasteiger partial charge >= 0.3 is 5.69 Å². The molecule has 0 aliphatic heterocycles. The molecule has 2 heterocycles. The summed E-state index contributed by atoms with van der Waals surface area (Å²) in [4.78, 5) is 19.5. The van der Waals surface area contributed by atoms with Gasteiger partial charge in [0.25, 0.3) is 0 Å². The van der Waals surface area contributed by atoms with E-state index in [0.717, 1.165) is 4.88 Å². The maximum absolute atomic E-state index is 11.0. The monoisotopic (exact) mass is 279 g/mol. The topological polar surface area (TPSA) is 93.0 Å². The Morgan fingerprint density at radius 1 is 1.53 bits per heavy atom. The fraction of sp³-hybridized carbons (Fsp3) is 0.273. The third-order valence-electron chi connectivity index (χ3n) is 2.51. The maximum atomic E-state index is 11.0. The lowest BCUT2D eigenvalue weighted by Crippen LogP contribution is -2.10. The number of aromatic nitrogens is 2. The van der Waals surface area contributed by atoms with Gasteiger partial charge in [-0.15, -0.1) is 11.3 Å². The van der Waals surface area contributed by atoms with Gasteiger partial charge in [0.1, 0.15) is 6.20 Å². The molecule has 0 bridgehead atoms. The van der Waals surface area contributed by atoms with Crippen molar-refractivity contribution in [3.63, 3.8) is 0 Å². The molecule has 0 aromatic carbocycles. The van der Waals surface area contributed by atoms with Crippen molar-refractivity contribution >= 4 is 28.8 Å². The molecule has 2 aromatic rings. The van der Waals surface area contributed by atoms with Gasteiger partial charge in [-0.25, -0.2) is 4.98 Å². The van der Waals surface area contributed by atoms with Crippen LogP contribution in [-0.4, -0.2) is 21.9 Å². The van der Waals surface area contributed by atoms with Crippen LogP contribution in [0.25, 0.3) is 0 Å². The second-order valence-electron chi connectivity index (χ2n) is 3.82. The lowest BCUT2D eigenvalue weighted by Gasteiger charge is -2.13. The predicted molar refractivity (Wildman–Crippen MR) is 74.6 cm³/mol. The minimum Gasteiger partial charge on any atom is -0.357 e. The molecule has 0 spiro atoms. The van der Waals surface area contributed by atoms with Crippen LogP contribution >= 0.6 is 11.3 Å². The Bertz CT molecular complexity index is 572. The van der Waals surface area contributed by atoms with Crippen molar-refractivity contribution in [1.82, 2.24) is 9.97 Å². The molecule has 2 N–H and O–H groups in total. The predicted octanol–water partition coefficient (Wildman–Crippen LogP) is 2.66. The molecule has 0 radical (unpaired) electrons. The highest BCUT2D eigenvalue weighted by Crippen LogP contribution is 2.28. The van der Waals surface area contributed by atoms with E-state index < -0.39 is 4.92 Å². The Hall–Kier alpha value is -2.22. The second-order valence-corrected chi connectivity index (χ2v) is 4.80. The molecule has 0 fully saturated rings. The second kappa shape index (κ2) is 5.61. The van der Waals surface area contributed by atoms with Crippen molar-refractivity contribution in [2.45, 2.75) is 13.0 Å². The van der Waals surface area contributed by atoms with Crippen LogP contribution in [0.4, 0.5) is 17.5 Å². The molecule has 2 aromatic heterocycles. The summed E-state index contributed by atoms with van der Waals surface area (Å²) in [6.45, 7) is 1.93. The molecule has 8 heteroatoms. The lowest BCUT2D eigenvalue weighted by molar-refractivity contribution is -0.384. The van der Waals surface area contributed by atoms with Crippen molar-refractivity contribution in [2.75, 3.05) is 17.7 Å². The molecule has 2 rings (SSSR count). The number of thiophene rings is 1. The Balaban J connectivity index is 2.29. The van der Waals surface area contributed by atoms with Crippen molar-refractivity contribution < 1.29 is 4.92 Å². The van der Waals surface area contributed by atoms with Gasteiger partial charge in [0, 0.05) is 11.9 Å². The molecule has 19 heavy (non-hydrogen) atoms. The highest BCUT2D eigenvalue weighted by Gasteiger charge is 2.19. The Morgan fingerprint density at radius 3 is 2.89 bits per heavy atom. The van der Waals surface area contributed by atoms with Crippen molar-refractivity contribution in [1.29, 1.82) is 0 Å². The average Bonchev–Trinajstić information content (AvgIpc) is 2.92. The number of nitrogens with zero attached hydrogens (tertiary/aromatic N) is 3. The maximum Gasteiger partial charge on any atom is 0.329 e. The minimum absolute atomic E-state index is 0.0571. The summed E-state index contributed by atoms with van der Waals surface area (Å²) in [6.07, 6.45) is 1.20. The number of anilines is 2. The Morgan fingerprint density at radius 2 is 2.32 bits per heavy atom. The fourth-order valence-corrected chi connectivity index (χ4v) is 2.28. The van der Waals surface area contributed by atoms with Gasteiger partial charge in [-0.1, -0.05) is 6.07 Å². The SMILES string of the molecule is CNc1ncc([N+](=O)[O-])c(NC(C)c2cccs2)n1. The normalized spacial score (nSPS) is 11.9. The molecular formula is C11H13N5O2S. The molecule has 100 valence electrons. The summed E-state index contributed by atoms with van der Waals surface area (Å²) in [5.74, 6) is 0.553. The van der Waals surface area contributed by atoms with Gasteiger partial charge in [0.05, 0.1) is 11.0 Å². The molecule has 0 aliphatic carbocycles. The first-order valence-corrected chi connectivity index (χ1v) is 6.49. The third-order valence-corrected chi connectivity index (χ3v) is 3.57. The number of nitro groups is 1. The van der Waals surface area contributed by atoms with Crippen LogP contribution in [0.1, 0.15) is 17.8 Å². The van der Waals surface area contributed by atoms with E-state index in [4.69, 9.17) is 0 Å². The molecule has 1 unspecified atom stereocenters. The minimum atomic E-state index is -0.497. The standard InChI is InChI=1S/C11H13N5O2S/c1-7(9-4-3-5-19-9)14-10-8(16(17)18)6-13-11(12-2)15-10/h3-7H,1-2H3,(H2,12,13,14,15). The van der Waals surface area contributed by atoms with Gasteiger partial charge in [-0.3, -0.25) is 10.1 Å². The average molecular weight is 279 g/mol. The van der Waals surface area contributed by atoms with E-state index in [-0.39, 0.29) is 17.5 Å². The number of rotatable bonds is 5. The van der Waals surface area contributed by atoms with Crippen LogP contribution in [0.15, 0.2) is 23.7 Å². The van der Waals surface area contributed by atoms with Crippen LogP contribution in [0.2, 0.25) is 0 Å². The first kappa shape index (κ1) is 13.2. The fourth-order valence-electron chi connectivity index (χ4n) is 1.55. The van der Waals surface area contributed by atoms with Crippen LogP contribution in [0.3, 0.4) is 0 Å². The van der Waals surface area contributed by atoms with Gasteiger partial charge < -0.3 is 10.6 Å². The van der Waals surface area contributed by atoms with E-state index in [9.17, 15) is 10.1 Å². The van der Waals surface area contributed by atoms with Gasteiger partial charge in [0.2, 0.25) is 11.8 Å². The largest absolute Gasteiger partial charge is 0.357 e. The van der Waals surface area contributed by atoms with Crippen LogP contribution in [0, 0.1) is 10.1 Å². The Labute approximate surface area is 113 Å². The summed E-state index contributed by atoms with van der Waals surface area (Å²) in [6, 6.07) is 3.85. The summed E-state index contributed by atoms with van der Waals surface area (Å²) < 4.78 is 0. The summed E-state index contributed by atoms with van der Waals surface area (Å²) in [5.41, 5.74) is -0.137. The molecule has 7 nitrogen and oxygen atoms in total. The molecule has 0 saturated carbocycles. The summed E-state index contributed by atoms with van der Waals surface area (Å²) in [7, 11) is 1.66. The van der Waals surface area contributed by atoms with Gasteiger partial charge in [0.15, 0.2) is 0 Å². The molecule has 0 saturated heterocycles. The molecule has 1 atom stereocenters. The number of nitrogens with one attached hydrogen (secondary N) is 2. The third kappa shape index (κ3) is 2.97. The van der Waals surface area contributed by atoms with E-state index in [2.05, 4.69) is 20.6 Å². The number of hydrogen-bond donors (Lipinski definition) is 2. The zero-order valence-corrected chi connectivity index (χ0v) is 11.3. The summed E-state index contributed by atoms with van der Waals surface area (Å²) in [5, 5.41) is 18.7. The smallest absolute Gasteiger partial charge is 0.329 e. The highest BCUT2D eigenvalue weighted by atomic mass is 32.1. The first-order chi connectivity index (χ1) is 9.11. The number of hydrogen-bond acceptors (Lipinski definition) is 7. The van der Waals surface area contributed by atoms with Crippen LogP contribution < -0.4 is 10.6 Å². The van der Waals surface area contributed by atoms with Crippen molar-refractivity contribution in [3.05, 3.63) is 38.7 Å². The zero-order valence-electron chi connectivity index (χ0n) is 10.5. The first-order valence-electron chi connectivity index (χ1n) is 5.61. The van der Waals surface area contributed by atoms with Crippen molar-refractivity contribution in [3.8, 4) is 0 Å². The van der Waals surface area contributed by atoms with E-state index in [0.29, 0.717) is 5.95 Å². The van der Waals surface area contributed by atoms with Gasteiger partial charge in [-0.05, 0) is 18.4 Å². The summed E-state index contributed by atoms with van der Waals surface area (Å²) >= 11 is 1.58. The van der Waals surface area contributed by atoms with E-state index in [1.807, 2.05) is 24.4 Å². The Kier molecular flexibility index (Phi) is 3.91. The molecule has 0 amide bonds. The zero-order chi connectivity index (χ0) is 13.8. The van der Waals surface area contributed by atoms with Crippen LogP contribution in [0.5, 0.6) is 0 Å². The highest BCUT2D eigenvalue weighted by molar-refractivity contribution is 7.10. The lowest BCUT2D eigenvalue weighted by atomic mass is 10.2. The van der Waals surface area contributed by atoms with Crippen LogP contribution in [-0.2, 0) is 0 Å². The van der Waals surface area contributed by atoms with Gasteiger partial charge in [-0.2, -0.15) is 4.98 Å². The van der Waals surface area contributed by atoms with E-state index in [1.54, 1.807) is 18.4 Å². The molecule has 0 aliphatic rings. The van der Waals surface area contributed by atoms with E-state index in [1.165, 1.54) is 6.20 Å². The van der Waals surface area contributed by atoms with Crippen molar-refractivity contribution in [2.24, 2.45) is 0 Å².